The van der Waals surface area contributed by atoms with E-state index in [-0.39, 0.29) is 0 Å². The molecule has 4 heteroatoms. The maximum atomic E-state index is 6.79. The third-order valence-electron chi connectivity index (χ3n) is 11.4. The highest BCUT2D eigenvalue weighted by Gasteiger charge is 2.27. The van der Waals surface area contributed by atoms with Gasteiger partial charge in [0.15, 0.2) is 17.1 Å². The first kappa shape index (κ1) is 30.9. The highest BCUT2D eigenvalue weighted by molar-refractivity contribution is 6.14. The summed E-state index contributed by atoms with van der Waals surface area (Å²) in [5.74, 6) is 1.72. The molecule has 0 fully saturated rings. The number of hydrogen-bond donors (Lipinski definition) is 0. The maximum Gasteiger partial charge on any atom is 0.160 e. The molecule has 0 aliphatic carbocycles. The van der Waals surface area contributed by atoms with Gasteiger partial charge < -0.3 is 18.6 Å². The molecule has 0 saturated carbocycles. The van der Waals surface area contributed by atoms with Crippen molar-refractivity contribution in [1.82, 2.24) is 4.57 Å². The number of aromatic nitrogens is 1. The van der Waals surface area contributed by atoms with Crippen LogP contribution in [0.4, 0.5) is 17.1 Å². The number of fused-ring (bicyclic) bond motifs is 9. The molecule has 0 amide bonds. The summed E-state index contributed by atoms with van der Waals surface area (Å²) in [5.41, 5.74) is 12.6. The number of ether oxygens (including phenoxy) is 1. The fourth-order valence-electron chi connectivity index (χ4n) is 8.74. The van der Waals surface area contributed by atoms with Crippen molar-refractivity contribution < 1.29 is 9.15 Å². The van der Waals surface area contributed by atoms with Gasteiger partial charge in [0.2, 0.25) is 0 Å². The minimum Gasteiger partial charge on any atom is -0.454 e. The topological polar surface area (TPSA) is 30.5 Å². The molecular formula is C52H32N2O2. The van der Waals surface area contributed by atoms with Crippen LogP contribution in [-0.2, 0) is 0 Å². The number of anilines is 3. The number of benzene rings is 9. The largest absolute Gasteiger partial charge is 0.454 e. The van der Waals surface area contributed by atoms with Crippen LogP contribution in [0.1, 0.15) is 0 Å². The van der Waals surface area contributed by atoms with Crippen LogP contribution in [0, 0.1) is 0 Å². The molecule has 12 rings (SSSR count). The first-order valence-electron chi connectivity index (χ1n) is 19.0. The molecule has 0 bridgehead atoms. The number of nitrogens with zero attached hydrogens (tertiary/aromatic N) is 2. The molecule has 9 aromatic carbocycles. The smallest absolute Gasteiger partial charge is 0.160 e. The Morgan fingerprint density at radius 1 is 0.446 bits per heavy atom. The molecule has 11 aromatic rings. The van der Waals surface area contributed by atoms with Gasteiger partial charge in [0.1, 0.15) is 5.58 Å². The maximum absolute atomic E-state index is 6.79. The summed E-state index contributed by atoms with van der Waals surface area (Å²) in [7, 11) is 0. The zero-order valence-corrected chi connectivity index (χ0v) is 30.2. The van der Waals surface area contributed by atoms with Crippen molar-refractivity contribution in [2.24, 2.45) is 0 Å². The van der Waals surface area contributed by atoms with Crippen molar-refractivity contribution in [1.29, 1.82) is 0 Å². The minimum atomic E-state index is 0.851. The summed E-state index contributed by atoms with van der Waals surface area (Å²) in [6, 6.07) is 68.9. The Labute approximate surface area is 322 Å². The number of hydrogen-bond acceptors (Lipinski definition) is 3. The van der Waals surface area contributed by atoms with E-state index in [1.54, 1.807) is 0 Å². The molecule has 262 valence electrons. The van der Waals surface area contributed by atoms with Crippen molar-refractivity contribution in [2.75, 3.05) is 4.90 Å². The second-order valence-corrected chi connectivity index (χ2v) is 14.5. The highest BCUT2D eigenvalue weighted by Crippen LogP contribution is 2.50. The second kappa shape index (κ2) is 12.0. The number of furan rings is 1. The summed E-state index contributed by atoms with van der Waals surface area (Å²) in [4.78, 5) is 2.30. The molecular weight excluding hydrogens is 685 g/mol. The zero-order valence-electron chi connectivity index (χ0n) is 30.2. The van der Waals surface area contributed by atoms with E-state index in [0.29, 0.717) is 0 Å². The number of para-hydroxylation sites is 5. The lowest BCUT2D eigenvalue weighted by Gasteiger charge is -2.26. The first-order valence-corrected chi connectivity index (χ1v) is 19.0. The summed E-state index contributed by atoms with van der Waals surface area (Å²) in [6.07, 6.45) is 0. The predicted octanol–water partition coefficient (Wildman–Crippen LogP) is 14.7. The fourth-order valence-corrected chi connectivity index (χ4v) is 8.74. The van der Waals surface area contributed by atoms with Gasteiger partial charge in [-0.3, -0.25) is 0 Å². The molecule has 0 unspecified atom stereocenters. The van der Waals surface area contributed by atoms with Crippen LogP contribution in [0.15, 0.2) is 199 Å². The monoisotopic (exact) mass is 716 g/mol. The molecule has 0 spiro atoms. The van der Waals surface area contributed by atoms with E-state index >= 15 is 0 Å². The van der Waals surface area contributed by atoms with Crippen molar-refractivity contribution in [3.05, 3.63) is 194 Å². The normalized spacial score (nSPS) is 12.1. The van der Waals surface area contributed by atoms with E-state index in [1.807, 2.05) is 18.2 Å². The predicted molar refractivity (Wildman–Crippen MR) is 231 cm³/mol. The van der Waals surface area contributed by atoms with E-state index in [2.05, 4.69) is 185 Å². The summed E-state index contributed by atoms with van der Waals surface area (Å²) < 4.78 is 15.8. The van der Waals surface area contributed by atoms with Crippen LogP contribution in [0.5, 0.6) is 11.5 Å². The van der Waals surface area contributed by atoms with E-state index in [0.717, 1.165) is 72.8 Å². The Bertz CT molecular complexity index is 3340. The summed E-state index contributed by atoms with van der Waals surface area (Å²) in [5, 5.41) is 7.07. The lowest BCUT2D eigenvalue weighted by atomic mass is 10.00. The van der Waals surface area contributed by atoms with Crippen LogP contribution in [0.2, 0.25) is 0 Å². The fraction of sp³-hybridized carbons (Fsp3) is 0. The van der Waals surface area contributed by atoms with Crippen LogP contribution < -0.4 is 9.64 Å². The van der Waals surface area contributed by atoms with Gasteiger partial charge in [-0.25, -0.2) is 0 Å². The first-order chi connectivity index (χ1) is 27.8. The number of rotatable bonds is 5. The van der Waals surface area contributed by atoms with Gasteiger partial charge in [0.05, 0.1) is 22.4 Å². The molecule has 0 radical (unpaired) electrons. The Morgan fingerprint density at radius 3 is 1.98 bits per heavy atom. The van der Waals surface area contributed by atoms with Crippen LogP contribution in [0.3, 0.4) is 0 Å². The quantitative estimate of drug-likeness (QED) is 0.178. The Morgan fingerprint density at radius 2 is 1.12 bits per heavy atom. The molecule has 0 atom stereocenters. The second-order valence-electron chi connectivity index (χ2n) is 14.5. The van der Waals surface area contributed by atoms with Crippen LogP contribution in [-0.4, -0.2) is 4.57 Å². The van der Waals surface area contributed by atoms with Crippen molar-refractivity contribution in [3.8, 4) is 39.4 Å². The lowest BCUT2D eigenvalue weighted by molar-refractivity contribution is 0.478. The van der Waals surface area contributed by atoms with Gasteiger partial charge in [0, 0.05) is 38.5 Å². The average molecular weight is 717 g/mol. The van der Waals surface area contributed by atoms with Gasteiger partial charge in [-0.1, -0.05) is 127 Å². The van der Waals surface area contributed by atoms with Gasteiger partial charge in [-0.15, -0.1) is 0 Å². The third kappa shape index (κ3) is 4.60. The van der Waals surface area contributed by atoms with E-state index < -0.39 is 0 Å². The molecule has 4 nitrogen and oxygen atoms in total. The van der Waals surface area contributed by atoms with Crippen molar-refractivity contribution >= 4 is 71.6 Å². The summed E-state index contributed by atoms with van der Waals surface area (Å²) in [6.45, 7) is 0. The molecule has 1 aliphatic rings. The van der Waals surface area contributed by atoms with Crippen molar-refractivity contribution in [2.45, 2.75) is 0 Å². The van der Waals surface area contributed by atoms with E-state index in [4.69, 9.17) is 9.15 Å². The standard InChI is InChI=1S/C52H32N2O2/c1-2-11-36-32-37(21-20-33(36)10-1)34-22-26-38(27-23-34)53(47-17-9-14-44-42-13-4-7-18-48(42)55-51(44)47)39-28-24-35(25-29-39)40-30-31-43-41-12-3-5-15-45(41)54-46-16-6-8-19-49(46)56-52(40)50(43)54/h1-32H. The Balaban J connectivity index is 1.00. The van der Waals surface area contributed by atoms with Crippen LogP contribution >= 0.6 is 0 Å². The molecule has 1 aliphatic heterocycles. The molecule has 3 heterocycles. The Kier molecular flexibility index (Phi) is 6.60. The van der Waals surface area contributed by atoms with E-state index in [9.17, 15) is 0 Å². The Hall–Kier alpha value is -7.56. The molecule has 56 heavy (non-hydrogen) atoms. The van der Waals surface area contributed by atoms with E-state index in [1.165, 1.54) is 38.2 Å². The average Bonchev–Trinajstić information content (AvgIpc) is 3.82. The lowest BCUT2D eigenvalue weighted by Crippen LogP contribution is -2.10. The molecule has 2 aromatic heterocycles. The third-order valence-corrected chi connectivity index (χ3v) is 11.4. The molecule has 0 saturated heterocycles. The van der Waals surface area contributed by atoms with Gasteiger partial charge >= 0.3 is 0 Å². The SMILES string of the molecule is c1ccc2c(c1)Oc1c(-c3ccc(N(c4ccc(-c5ccc6ccccc6c5)cc4)c4cccc5c4oc4ccccc45)cc3)ccc3c4ccccc4n-2c13. The van der Waals surface area contributed by atoms with Crippen LogP contribution in [0.25, 0.3) is 82.5 Å². The molecule has 0 N–H and O–H groups in total. The minimum absolute atomic E-state index is 0.851. The van der Waals surface area contributed by atoms with Crippen molar-refractivity contribution in [3.63, 3.8) is 0 Å². The highest BCUT2D eigenvalue weighted by atomic mass is 16.5. The summed E-state index contributed by atoms with van der Waals surface area (Å²) >= 11 is 0. The zero-order chi connectivity index (χ0) is 36.7. The van der Waals surface area contributed by atoms with Gasteiger partial charge in [-0.2, -0.15) is 0 Å². The van der Waals surface area contributed by atoms with Gasteiger partial charge in [-0.05, 0) is 94.2 Å². The van der Waals surface area contributed by atoms with Gasteiger partial charge in [0.25, 0.3) is 0 Å².